The number of aromatic nitrogens is 2. The monoisotopic (exact) mass is 292 g/mol. The minimum absolute atomic E-state index is 0.170. The molecule has 0 unspecified atom stereocenters. The number of nitrogens with two attached hydrogens (primary N) is 1. The number of carbonyl (C=O) groups excluding carboxylic acids is 1. The highest BCUT2D eigenvalue weighted by atomic mass is 16.6. The molecule has 1 heterocycles. The van der Waals surface area contributed by atoms with Gasteiger partial charge in [0.1, 0.15) is 5.60 Å². The maximum absolute atomic E-state index is 11.6. The van der Waals surface area contributed by atoms with Crippen LogP contribution in [0.1, 0.15) is 53.0 Å². The van der Waals surface area contributed by atoms with Crippen LogP contribution < -0.4 is 11.1 Å². The van der Waals surface area contributed by atoms with E-state index in [1.807, 2.05) is 0 Å². The number of ether oxygens (including phenoxy) is 1. The van der Waals surface area contributed by atoms with Crippen molar-refractivity contribution in [1.82, 2.24) is 9.97 Å². The van der Waals surface area contributed by atoms with Crippen molar-refractivity contribution in [2.24, 2.45) is 5.73 Å². The molecule has 21 heavy (non-hydrogen) atoms. The highest BCUT2D eigenvalue weighted by molar-refractivity contribution is 5.82. The molecule has 0 saturated heterocycles. The van der Waals surface area contributed by atoms with Gasteiger partial charge in [0.05, 0.1) is 0 Å². The van der Waals surface area contributed by atoms with Gasteiger partial charge in [0.25, 0.3) is 0 Å². The van der Waals surface area contributed by atoms with Gasteiger partial charge >= 0.3 is 6.09 Å². The molecule has 0 radical (unpaired) electrons. The number of anilines is 1. The number of hydrogen-bond donors (Lipinski definition) is 2. The summed E-state index contributed by atoms with van der Waals surface area (Å²) >= 11 is 0. The Balaban J connectivity index is 2.04. The average molecular weight is 292 g/mol. The molecule has 6 heteroatoms. The van der Waals surface area contributed by atoms with Gasteiger partial charge in [-0.25, -0.2) is 14.8 Å². The number of amides is 1. The minimum Gasteiger partial charge on any atom is -0.444 e. The summed E-state index contributed by atoms with van der Waals surface area (Å²) in [6.45, 7) is 9.60. The molecule has 1 aliphatic rings. The van der Waals surface area contributed by atoms with E-state index in [1.165, 1.54) is 0 Å². The van der Waals surface area contributed by atoms with Crippen LogP contribution in [0.3, 0.4) is 0 Å². The molecule has 0 atom stereocenters. The average Bonchev–Trinajstić information content (AvgIpc) is 3.07. The summed E-state index contributed by atoms with van der Waals surface area (Å²) in [5.74, 6) is 0.227. The zero-order valence-corrected chi connectivity index (χ0v) is 13.4. The predicted octanol–water partition coefficient (Wildman–Crippen LogP) is 2.59. The van der Waals surface area contributed by atoms with Gasteiger partial charge in [0.15, 0.2) is 0 Å². The van der Waals surface area contributed by atoms with E-state index in [1.54, 1.807) is 33.2 Å². The van der Waals surface area contributed by atoms with Crippen molar-refractivity contribution in [2.45, 2.75) is 64.0 Å². The third-order valence-electron chi connectivity index (χ3n) is 4.02. The quantitative estimate of drug-likeness (QED) is 0.893. The molecule has 3 N–H and O–H groups in total. The van der Waals surface area contributed by atoms with Gasteiger partial charge in [-0.15, -0.1) is 0 Å². The van der Waals surface area contributed by atoms with Crippen molar-refractivity contribution < 1.29 is 9.53 Å². The summed E-state index contributed by atoms with van der Waals surface area (Å²) in [7, 11) is 0. The third kappa shape index (κ3) is 3.50. The Labute approximate surface area is 125 Å². The standard InChI is InChI=1S/C15H24N4O2/c1-13(2,3)21-12(20)19-11-17-8-10(9-18-11)14(4,5)15(16)6-7-15/h8-9H,6-7,16H2,1-5H3,(H,17,18,19,20). The molecule has 6 nitrogen and oxygen atoms in total. The van der Waals surface area contributed by atoms with Gasteiger partial charge < -0.3 is 10.5 Å². The Hall–Kier alpha value is -1.69. The highest BCUT2D eigenvalue weighted by Gasteiger charge is 2.52. The van der Waals surface area contributed by atoms with E-state index in [9.17, 15) is 4.79 Å². The van der Waals surface area contributed by atoms with Crippen molar-refractivity contribution >= 4 is 12.0 Å². The normalized spacial score (nSPS) is 17.2. The smallest absolute Gasteiger partial charge is 0.414 e. The van der Waals surface area contributed by atoms with Crippen LogP contribution in [0.4, 0.5) is 10.7 Å². The van der Waals surface area contributed by atoms with E-state index in [2.05, 4.69) is 29.1 Å². The molecule has 0 spiro atoms. The van der Waals surface area contributed by atoms with E-state index in [0.717, 1.165) is 18.4 Å². The fraction of sp³-hybridized carbons (Fsp3) is 0.667. The lowest BCUT2D eigenvalue weighted by Crippen LogP contribution is -2.43. The second-order valence-corrected chi connectivity index (χ2v) is 7.20. The van der Waals surface area contributed by atoms with E-state index in [0.29, 0.717) is 0 Å². The Morgan fingerprint density at radius 1 is 1.24 bits per heavy atom. The molecule has 1 aromatic heterocycles. The van der Waals surface area contributed by atoms with Crippen molar-refractivity contribution in [2.75, 3.05) is 5.32 Å². The van der Waals surface area contributed by atoms with E-state index >= 15 is 0 Å². The molecule has 0 aromatic carbocycles. The topological polar surface area (TPSA) is 90.1 Å². The number of hydrogen-bond acceptors (Lipinski definition) is 5. The predicted molar refractivity (Wildman–Crippen MR) is 81.1 cm³/mol. The maximum atomic E-state index is 11.6. The first-order valence-electron chi connectivity index (χ1n) is 7.15. The van der Waals surface area contributed by atoms with Gasteiger partial charge in [0.2, 0.25) is 5.95 Å². The zero-order valence-electron chi connectivity index (χ0n) is 13.4. The lowest BCUT2D eigenvalue weighted by atomic mass is 9.77. The molecule has 0 bridgehead atoms. The van der Waals surface area contributed by atoms with Crippen LogP contribution in [0, 0.1) is 0 Å². The SMILES string of the molecule is CC(C)(C)OC(=O)Nc1ncc(C(C)(C)C2(N)CC2)cn1. The zero-order chi connectivity index (χ0) is 15.9. The fourth-order valence-corrected chi connectivity index (χ4v) is 2.16. The summed E-state index contributed by atoms with van der Waals surface area (Å²) < 4.78 is 5.15. The van der Waals surface area contributed by atoms with Gasteiger partial charge in [-0.1, -0.05) is 13.8 Å². The van der Waals surface area contributed by atoms with E-state index in [-0.39, 0.29) is 16.9 Å². The Morgan fingerprint density at radius 2 is 1.76 bits per heavy atom. The summed E-state index contributed by atoms with van der Waals surface area (Å²) in [5, 5.41) is 2.52. The molecular weight excluding hydrogens is 268 g/mol. The third-order valence-corrected chi connectivity index (χ3v) is 4.02. The van der Waals surface area contributed by atoms with Crippen LogP contribution in [0.2, 0.25) is 0 Å². The Kier molecular flexibility index (Phi) is 3.70. The van der Waals surface area contributed by atoms with Crippen LogP contribution in [0.15, 0.2) is 12.4 Å². The number of nitrogens with one attached hydrogen (secondary N) is 1. The molecular formula is C15H24N4O2. The maximum Gasteiger partial charge on any atom is 0.414 e. The van der Waals surface area contributed by atoms with Crippen molar-refractivity contribution in [3.63, 3.8) is 0 Å². The van der Waals surface area contributed by atoms with Gasteiger partial charge in [-0.3, -0.25) is 5.32 Å². The summed E-state index contributed by atoms with van der Waals surface area (Å²) in [6.07, 6.45) is 4.89. The van der Waals surface area contributed by atoms with Gasteiger partial charge in [-0.05, 0) is 39.2 Å². The van der Waals surface area contributed by atoms with Gasteiger partial charge in [-0.2, -0.15) is 0 Å². The van der Waals surface area contributed by atoms with Crippen LogP contribution in [0.5, 0.6) is 0 Å². The molecule has 0 aliphatic heterocycles. The second kappa shape index (κ2) is 4.94. The molecule has 1 saturated carbocycles. The van der Waals surface area contributed by atoms with E-state index < -0.39 is 11.7 Å². The minimum atomic E-state index is -0.563. The Morgan fingerprint density at radius 3 is 2.19 bits per heavy atom. The number of nitrogens with zero attached hydrogens (tertiary/aromatic N) is 2. The van der Waals surface area contributed by atoms with Gasteiger partial charge in [0, 0.05) is 23.3 Å². The second-order valence-electron chi connectivity index (χ2n) is 7.20. The lowest BCUT2D eigenvalue weighted by Gasteiger charge is -2.31. The lowest BCUT2D eigenvalue weighted by molar-refractivity contribution is 0.0634. The van der Waals surface area contributed by atoms with Crippen LogP contribution in [-0.4, -0.2) is 27.2 Å². The van der Waals surface area contributed by atoms with Crippen molar-refractivity contribution in [3.05, 3.63) is 18.0 Å². The van der Waals surface area contributed by atoms with Crippen molar-refractivity contribution in [1.29, 1.82) is 0 Å². The van der Waals surface area contributed by atoms with Crippen LogP contribution in [0.25, 0.3) is 0 Å². The summed E-state index contributed by atoms with van der Waals surface area (Å²) in [6, 6.07) is 0. The summed E-state index contributed by atoms with van der Waals surface area (Å²) in [4.78, 5) is 20.0. The molecule has 1 aliphatic carbocycles. The number of rotatable bonds is 3. The molecule has 1 amide bonds. The van der Waals surface area contributed by atoms with Crippen LogP contribution in [-0.2, 0) is 10.2 Å². The highest BCUT2D eigenvalue weighted by Crippen LogP contribution is 2.48. The van der Waals surface area contributed by atoms with E-state index in [4.69, 9.17) is 10.5 Å². The fourth-order valence-electron chi connectivity index (χ4n) is 2.16. The first-order valence-corrected chi connectivity index (χ1v) is 7.15. The largest absolute Gasteiger partial charge is 0.444 e. The molecule has 1 fully saturated rings. The molecule has 1 aromatic rings. The Bertz CT molecular complexity index is 528. The van der Waals surface area contributed by atoms with Crippen molar-refractivity contribution in [3.8, 4) is 0 Å². The first-order chi connectivity index (χ1) is 9.53. The number of carbonyl (C=O) groups is 1. The summed E-state index contributed by atoms with van der Waals surface area (Å²) in [5.41, 5.74) is 6.36. The van der Waals surface area contributed by atoms with Crippen LogP contribution >= 0.6 is 0 Å². The molecule has 116 valence electrons. The first kappa shape index (κ1) is 15.7. The molecule has 2 rings (SSSR count).